The lowest BCUT2D eigenvalue weighted by Gasteiger charge is -2.02. The predicted molar refractivity (Wildman–Crippen MR) is 99.6 cm³/mol. The van der Waals surface area contributed by atoms with Crippen LogP contribution in [-0.2, 0) is 12.8 Å². The Balaban J connectivity index is 1.58. The minimum atomic E-state index is -0.156. The monoisotopic (exact) mass is 349 g/mol. The van der Waals surface area contributed by atoms with Gasteiger partial charge < -0.3 is 9.51 Å². The maximum atomic E-state index is 13.7. The molecule has 0 fully saturated rings. The van der Waals surface area contributed by atoms with Crippen LogP contribution in [0.4, 0.5) is 4.39 Å². The third-order valence-corrected chi connectivity index (χ3v) is 4.74. The first-order valence-electron chi connectivity index (χ1n) is 8.68. The summed E-state index contributed by atoms with van der Waals surface area (Å²) in [6.07, 6.45) is 1.48. The Bertz CT molecular complexity index is 1070. The van der Waals surface area contributed by atoms with Crippen LogP contribution in [0.15, 0.2) is 40.9 Å². The Morgan fingerprint density at radius 2 is 1.88 bits per heavy atom. The highest BCUT2D eigenvalue weighted by Gasteiger charge is 2.13. The van der Waals surface area contributed by atoms with Crippen molar-refractivity contribution >= 4 is 11.0 Å². The number of fused-ring (bicyclic) bond motifs is 1. The molecule has 0 spiro atoms. The van der Waals surface area contributed by atoms with Gasteiger partial charge in [-0.2, -0.15) is 0 Å². The quantitative estimate of drug-likeness (QED) is 0.560. The number of hydrogen-bond donors (Lipinski definition) is 1. The summed E-state index contributed by atoms with van der Waals surface area (Å²) in [5.41, 5.74) is 6.51. The molecule has 0 aliphatic carbocycles. The molecule has 0 unspecified atom stereocenters. The molecular formula is C21H20FN3O. The molecule has 26 heavy (non-hydrogen) atoms. The average molecular weight is 349 g/mol. The molecule has 132 valence electrons. The molecule has 0 aliphatic heterocycles. The van der Waals surface area contributed by atoms with E-state index in [1.165, 1.54) is 0 Å². The second kappa shape index (κ2) is 6.41. The molecule has 2 heterocycles. The van der Waals surface area contributed by atoms with Crippen molar-refractivity contribution in [1.29, 1.82) is 0 Å². The van der Waals surface area contributed by atoms with Crippen LogP contribution in [0.25, 0.3) is 22.2 Å². The minimum Gasteiger partial charge on any atom is -0.361 e. The SMILES string of the molecule is Cc1ccc(CCc2nc3ccc(-c4c(C)noc4C)cc3[nH]2)cc1F. The molecule has 0 radical (unpaired) electrons. The summed E-state index contributed by atoms with van der Waals surface area (Å²) >= 11 is 0. The van der Waals surface area contributed by atoms with E-state index in [0.717, 1.165) is 57.8 Å². The zero-order valence-electron chi connectivity index (χ0n) is 15.1. The molecule has 0 saturated carbocycles. The highest BCUT2D eigenvalue weighted by Crippen LogP contribution is 2.29. The number of rotatable bonds is 4. The van der Waals surface area contributed by atoms with Crippen LogP contribution in [0.5, 0.6) is 0 Å². The van der Waals surface area contributed by atoms with Gasteiger partial charge in [0.15, 0.2) is 0 Å². The number of halogens is 1. The summed E-state index contributed by atoms with van der Waals surface area (Å²) < 4.78 is 18.9. The summed E-state index contributed by atoms with van der Waals surface area (Å²) in [6.45, 7) is 5.63. The Morgan fingerprint density at radius 1 is 1.04 bits per heavy atom. The first-order valence-corrected chi connectivity index (χ1v) is 8.68. The molecule has 1 N–H and O–H groups in total. The van der Waals surface area contributed by atoms with Crippen molar-refractivity contribution in [1.82, 2.24) is 15.1 Å². The second-order valence-corrected chi connectivity index (χ2v) is 6.70. The van der Waals surface area contributed by atoms with Crippen molar-refractivity contribution in [3.63, 3.8) is 0 Å². The Kier molecular flexibility index (Phi) is 4.07. The Hall–Kier alpha value is -2.95. The fraction of sp³-hybridized carbons (Fsp3) is 0.238. The summed E-state index contributed by atoms with van der Waals surface area (Å²) in [5, 5.41) is 4.02. The van der Waals surface area contributed by atoms with Gasteiger partial charge in [0.1, 0.15) is 17.4 Å². The number of nitrogens with one attached hydrogen (secondary N) is 1. The van der Waals surface area contributed by atoms with Crippen LogP contribution < -0.4 is 0 Å². The van der Waals surface area contributed by atoms with E-state index in [2.05, 4.69) is 21.2 Å². The Labute approximate surface area is 151 Å². The summed E-state index contributed by atoms with van der Waals surface area (Å²) in [6, 6.07) is 11.5. The molecule has 0 saturated heterocycles. The van der Waals surface area contributed by atoms with Crippen molar-refractivity contribution in [2.45, 2.75) is 33.6 Å². The van der Waals surface area contributed by atoms with Gasteiger partial charge in [0.05, 0.1) is 16.7 Å². The van der Waals surface area contributed by atoms with Gasteiger partial charge in [0, 0.05) is 12.0 Å². The number of aromatic amines is 1. The summed E-state index contributed by atoms with van der Waals surface area (Å²) in [5.74, 6) is 1.55. The van der Waals surface area contributed by atoms with Gasteiger partial charge in [0.25, 0.3) is 0 Å². The van der Waals surface area contributed by atoms with Gasteiger partial charge in [-0.25, -0.2) is 9.37 Å². The van der Waals surface area contributed by atoms with Crippen molar-refractivity contribution in [2.24, 2.45) is 0 Å². The first kappa shape index (κ1) is 16.5. The van der Waals surface area contributed by atoms with Crippen molar-refractivity contribution in [3.8, 4) is 11.1 Å². The predicted octanol–water partition coefficient (Wildman–Crippen LogP) is 5.07. The highest BCUT2D eigenvalue weighted by molar-refractivity contribution is 5.83. The molecule has 2 aromatic carbocycles. The number of hydrogen-bond acceptors (Lipinski definition) is 3. The van der Waals surface area contributed by atoms with E-state index < -0.39 is 0 Å². The Morgan fingerprint density at radius 3 is 2.62 bits per heavy atom. The van der Waals surface area contributed by atoms with Gasteiger partial charge >= 0.3 is 0 Å². The normalized spacial score (nSPS) is 11.4. The zero-order valence-corrected chi connectivity index (χ0v) is 15.1. The molecule has 4 rings (SSSR count). The summed E-state index contributed by atoms with van der Waals surface area (Å²) in [4.78, 5) is 8.02. The molecule has 0 amide bonds. The van der Waals surface area contributed by atoms with E-state index in [1.54, 1.807) is 13.0 Å². The number of aromatic nitrogens is 3. The van der Waals surface area contributed by atoms with Crippen molar-refractivity contribution < 1.29 is 8.91 Å². The molecule has 2 aromatic heterocycles. The molecule has 4 nitrogen and oxygen atoms in total. The van der Waals surface area contributed by atoms with E-state index in [0.29, 0.717) is 5.56 Å². The number of benzene rings is 2. The van der Waals surface area contributed by atoms with Gasteiger partial charge in [-0.1, -0.05) is 23.4 Å². The van der Waals surface area contributed by atoms with Crippen molar-refractivity contribution in [3.05, 3.63) is 70.6 Å². The third-order valence-electron chi connectivity index (χ3n) is 4.74. The molecule has 0 bridgehead atoms. The fourth-order valence-electron chi connectivity index (χ4n) is 3.29. The third kappa shape index (κ3) is 3.01. The van der Waals surface area contributed by atoms with Crippen LogP contribution in [0.3, 0.4) is 0 Å². The number of nitrogens with zero attached hydrogens (tertiary/aromatic N) is 2. The maximum absolute atomic E-state index is 13.7. The lowest BCUT2D eigenvalue weighted by Crippen LogP contribution is -1.95. The molecule has 4 aromatic rings. The van der Waals surface area contributed by atoms with E-state index in [9.17, 15) is 4.39 Å². The van der Waals surface area contributed by atoms with Gasteiger partial charge in [0.2, 0.25) is 0 Å². The zero-order chi connectivity index (χ0) is 18.3. The number of aryl methyl sites for hydroxylation is 5. The smallest absolute Gasteiger partial charge is 0.141 e. The van der Waals surface area contributed by atoms with Crippen LogP contribution >= 0.6 is 0 Å². The fourth-order valence-corrected chi connectivity index (χ4v) is 3.29. The molecule has 5 heteroatoms. The molecule has 0 aliphatic rings. The lowest BCUT2D eigenvalue weighted by atomic mass is 10.0. The largest absolute Gasteiger partial charge is 0.361 e. The van der Waals surface area contributed by atoms with Gasteiger partial charge in [-0.15, -0.1) is 0 Å². The average Bonchev–Trinajstić information content (AvgIpc) is 3.18. The number of imidazole rings is 1. The van der Waals surface area contributed by atoms with Crippen LogP contribution in [0, 0.1) is 26.6 Å². The van der Waals surface area contributed by atoms with Crippen LogP contribution in [-0.4, -0.2) is 15.1 Å². The van der Waals surface area contributed by atoms with Crippen molar-refractivity contribution in [2.75, 3.05) is 0 Å². The van der Waals surface area contributed by atoms with Crippen LogP contribution in [0.2, 0.25) is 0 Å². The highest BCUT2D eigenvalue weighted by atomic mass is 19.1. The van der Waals surface area contributed by atoms with E-state index >= 15 is 0 Å². The number of H-pyrrole nitrogens is 1. The van der Waals surface area contributed by atoms with E-state index in [1.807, 2.05) is 38.1 Å². The second-order valence-electron chi connectivity index (χ2n) is 6.70. The lowest BCUT2D eigenvalue weighted by molar-refractivity contribution is 0.393. The molecule has 0 atom stereocenters. The van der Waals surface area contributed by atoms with E-state index in [-0.39, 0.29) is 5.82 Å². The minimum absolute atomic E-state index is 0.156. The molecular weight excluding hydrogens is 329 g/mol. The standard InChI is InChI=1S/C21H20FN3O/c1-12-4-5-15(10-17(12)22)6-9-20-23-18-8-7-16(11-19(18)24-20)21-13(2)25-26-14(21)3/h4-5,7-8,10-11H,6,9H2,1-3H3,(H,23,24). The van der Waals surface area contributed by atoms with Gasteiger partial charge in [-0.05, 0) is 62.1 Å². The van der Waals surface area contributed by atoms with Crippen LogP contribution in [0.1, 0.15) is 28.4 Å². The topological polar surface area (TPSA) is 54.7 Å². The van der Waals surface area contributed by atoms with Gasteiger partial charge in [-0.3, -0.25) is 0 Å². The first-order chi connectivity index (χ1) is 12.5. The van der Waals surface area contributed by atoms with E-state index in [4.69, 9.17) is 4.52 Å². The summed E-state index contributed by atoms with van der Waals surface area (Å²) in [7, 11) is 0. The maximum Gasteiger partial charge on any atom is 0.141 e.